The van der Waals surface area contributed by atoms with Gasteiger partial charge in [-0.05, 0) is 30.9 Å². The van der Waals surface area contributed by atoms with Gasteiger partial charge in [0.05, 0.1) is 6.04 Å². The first-order valence-corrected chi connectivity index (χ1v) is 9.18. The molecule has 0 aromatic carbocycles. The molecule has 1 aliphatic rings. The van der Waals surface area contributed by atoms with Crippen LogP contribution in [0.5, 0.6) is 0 Å². The normalized spacial score (nSPS) is 16.8. The second kappa shape index (κ2) is 8.21. The van der Waals surface area contributed by atoms with Gasteiger partial charge in [-0.1, -0.05) is 6.07 Å². The highest BCUT2D eigenvalue weighted by Gasteiger charge is 2.26. The third kappa shape index (κ3) is 4.30. The third-order valence-corrected chi connectivity index (χ3v) is 5.26. The second-order valence-electron chi connectivity index (χ2n) is 5.87. The highest BCUT2D eigenvalue weighted by Crippen LogP contribution is 2.12. The van der Waals surface area contributed by atoms with E-state index in [1.165, 1.54) is 4.88 Å². The first-order valence-electron chi connectivity index (χ1n) is 8.30. The summed E-state index contributed by atoms with van der Waals surface area (Å²) in [4.78, 5) is 26.6. The Morgan fingerprint density at radius 1 is 1.25 bits per heavy atom. The second-order valence-corrected chi connectivity index (χ2v) is 6.90. The molecule has 7 heteroatoms. The molecule has 0 unspecified atom stereocenters. The van der Waals surface area contributed by atoms with Gasteiger partial charge in [0.2, 0.25) is 11.9 Å². The molecule has 0 saturated carbocycles. The number of nitrogens with zero attached hydrogens (tertiary/aromatic N) is 4. The summed E-state index contributed by atoms with van der Waals surface area (Å²) in [6, 6.07) is 5.86. The van der Waals surface area contributed by atoms with Gasteiger partial charge < -0.3 is 10.2 Å². The maximum Gasteiger partial charge on any atom is 0.237 e. The Hall–Kier alpha value is -1.99. The topological polar surface area (TPSA) is 61.4 Å². The Morgan fingerprint density at radius 3 is 2.67 bits per heavy atom. The molecular weight excluding hydrogens is 322 g/mol. The summed E-state index contributed by atoms with van der Waals surface area (Å²) in [5.74, 6) is 0.876. The van der Waals surface area contributed by atoms with E-state index in [0.717, 1.165) is 38.5 Å². The quantitative estimate of drug-likeness (QED) is 0.858. The predicted molar refractivity (Wildman–Crippen MR) is 96.3 cm³/mol. The average molecular weight is 345 g/mol. The number of hydrogen-bond acceptors (Lipinski definition) is 6. The zero-order valence-electron chi connectivity index (χ0n) is 13.9. The van der Waals surface area contributed by atoms with Crippen molar-refractivity contribution in [1.29, 1.82) is 0 Å². The molecular formula is C17H23N5OS. The molecule has 3 heterocycles. The van der Waals surface area contributed by atoms with Crippen molar-refractivity contribution >= 4 is 23.2 Å². The van der Waals surface area contributed by atoms with Gasteiger partial charge in [-0.25, -0.2) is 9.97 Å². The van der Waals surface area contributed by atoms with Gasteiger partial charge in [-0.3, -0.25) is 9.69 Å². The SMILES string of the molecule is C[C@H](C(=O)NCCc1cccs1)N1CCN(c2ncccn2)CC1. The fourth-order valence-corrected chi connectivity index (χ4v) is 3.55. The van der Waals surface area contributed by atoms with Gasteiger partial charge in [0.25, 0.3) is 0 Å². The monoisotopic (exact) mass is 345 g/mol. The van der Waals surface area contributed by atoms with Gasteiger partial charge in [0.15, 0.2) is 0 Å². The number of piperazine rings is 1. The van der Waals surface area contributed by atoms with Crippen molar-refractivity contribution in [2.75, 3.05) is 37.6 Å². The largest absolute Gasteiger partial charge is 0.354 e. The highest BCUT2D eigenvalue weighted by molar-refractivity contribution is 7.09. The number of amides is 1. The fraction of sp³-hybridized carbons (Fsp3) is 0.471. The minimum Gasteiger partial charge on any atom is -0.354 e. The number of aromatic nitrogens is 2. The molecule has 128 valence electrons. The number of rotatable bonds is 6. The van der Waals surface area contributed by atoms with Crippen LogP contribution in [-0.4, -0.2) is 59.5 Å². The minimum absolute atomic E-state index is 0.104. The molecule has 1 saturated heterocycles. The van der Waals surface area contributed by atoms with E-state index in [1.54, 1.807) is 23.7 Å². The van der Waals surface area contributed by atoms with E-state index in [1.807, 2.05) is 19.1 Å². The zero-order valence-corrected chi connectivity index (χ0v) is 14.7. The smallest absolute Gasteiger partial charge is 0.237 e. The van der Waals surface area contributed by atoms with Crippen molar-refractivity contribution in [3.8, 4) is 0 Å². The summed E-state index contributed by atoms with van der Waals surface area (Å²) in [6.07, 6.45) is 4.42. The minimum atomic E-state index is -0.104. The molecule has 2 aromatic heterocycles. The summed E-state index contributed by atoms with van der Waals surface area (Å²) in [5, 5.41) is 5.11. The molecule has 0 bridgehead atoms. The van der Waals surface area contributed by atoms with Crippen molar-refractivity contribution in [3.05, 3.63) is 40.8 Å². The number of anilines is 1. The Bertz CT molecular complexity index is 626. The lowest BCUT2D eigenvalue weighted by Crippen LogP contribution is -2.54. The summed E-state index contributed by atoms with van der Waals surface area (Å²) in [7, 11) is 0. The molecule has 1 atom stereocenters. The van der Waals surface area contributed by atoms with E-state index in [0.29, 0.717) is 6.54 Å². The van der Waals surface area contributed by atoms with Gasteiger partial charge in [-0.15, -0.1) is 11.3 Å². The summed E-state index contributed by atoms with van der Waals surface area (Å²) >= 11 is 1.73. The van der Waals surface area contributed by atoms with E-state index < -0.39 is 0 Å². The Labute approximate surface area is 146 Å². The molecule has 6 nitrogen and oxygen atoms in total. The summed E-state index contributed by atoms with van der Waals surface area (Å²) < 4.78 is 0. The van der Waals surface area contributed by atoms with Crippen molar-refractivity contribution < 1.29 is 4.79 Å². The zero-order chi connectivity index (χ0) is 16.8. The molecule has 1 fully saturated rings. The predicted octanol–water partition coefficient (Wildman–Crippen LogP) is 1.41. The third-order valence-electron chi connectivity index (χ3n) is 4.33. The Balaban J connectivity index is 1.42. The van der Waals surface area contributed by atoms with Crippen LogP contribution < -0.4 is 10.2 Å². The molecule has 1 aliphatic heterocycles. The number of thiophene rings is 1. The van der Waals surface area contributed by atoms with Crippen LogP contribution in [0.4, 0.5) is 5.95 Å². The average Bonchev–Trinajstić information content (AvgIpc) is 3.15. The Kier molecular flexibility index (Phi) is 5.77. The highest BCUT2D eigenvalue weighted by atomic mass is 32.1. The van der Waals surface area contributed by atoms with E-state index in [4.69, 9.17) is 0 Å². The van der Waals surface area contributed by atoms with E-state index in [-0.39, 0.29) is 11.9 Å². The first kappa shape index (κ1) is 16.9. The van der Waals surface area contributed by atoms with Gasteiger partial charge in [-0.2, -0.15) is 0 Å². The molecule has 0 spiro atoms. The summed E-state index contributed by atoms with van der Waals surface area (Å²) in [6.45, 7) is 6.06. The van der Waals surface area contributed by atoms with E-state index in [2.05, 4.69) is 36.5 Å². The number of nitrogens with one attached hydrogen (secondary N) is 1. The fourth-order valence-electron chi connectivity index (χ4n) is 2.84. The van der Waals surface area contributed by atoms with Crippen molar-refractivity contribution in [2.45, 2.75) is 19.4 Å². The number of carbonyl (C=O) groups excluding carboxylic acids is 1. The first-order chi connectivity index (χ1) is 11.7. The molecule has 1 N–H and O–H groups in total. The maximum absolute atomic E-state index is 12.3. The van der Waals surface area contributed by atoms with Crippen molar-refractivity contribution in [2.24, 2.45) is 0 Å². The van der Waals surface area contributed by atoms with Crippen molar-refractivity contribution in [1.82, 2.24) is 20.2 Å². The molecule has 0 aliphatic carbocycles. The van der Waals surface area contributed by atoms with E-state index in [9.17, 15) is 4.79 Å². The lowest BCUT2D eigenvalue weighted by atomic mass is 10.2. The molecule has 2 aromatic rings. The lowest BCUT2D eigenvalue weighted by molar-refractivity contribution is -0.125. The standard InChI is InChI=1S/C17H23N5OS/c1-14(16(23)18-8-5-15-4-2-13-24-15)21-9-11-22(12-10-21)17-19-6-3-7-20-17/h2-4,6-7,13-14H,5,8-12H2,1H3,(H,18,23)/t14-/m1/s1. The number of carbonyl (C=O) groups is 1. The molecule has 1 amide bonds. The molecule has 3 rings (SSSR count). The van der Waals surface area contributed by atoms with Crippen LogP contribution in [0.15, 0.2) is 36.0 Å². The van der Waals surface area contributed by atoms with Gasteiger partial charge in [0, 0.05) is 50.0 Å². The molecule has 0 radical (unpaired) electrons. The van der Waals surface area contributed by atoms with Crippen LogP contribution in [-0.2, 0) is 11.2 Å². The van der Waals surface area contributed by atoms with Crippen LogP contribution in [0.2, 0.25) is 0 Å². The lowest BCUT2D eigenvalue weighted by Gasteiger charge is -2.37. The van der Waals surface area contributed by atoms with Crippen LogP contribution in [0.3, 0.4) is 0 Å². The van der Waals surface area contributed by atoms with Crippen LogP contribution in [0.1, 0.15) is 11.8 Å². The molecule has 24 heavy (non-hydrogen) atoms. The number of hydrogen-bond donors (Lipinski definition) is 1. The van der Waals surface area contributed by atoms with Crippen LogP contribution in [0.25, 0.3) is 0 Å². The Morgan fingerprint density at radius 2 is 2.00 bits per heavy atom. The van der Waals surface area contributed by atoms with Crippen LogP contribution >= 0.6 is 11.3 Å². The summed E-state index contributed by atoms with van der Waals surface area (Å²) in [5.41, 5.74) is 0. The van der Waals surface area contributed by atoms with E-state index >= 15 is 0 Å². The van der Waals surface area contributed by atoms with Gasteiger partial charge >= 0.3 is 0 Å². The van der Waals surface area contributed by atoms with Crippen molar-refractivity contribution in [3.63, 3.8) is 0 Å². The van der Waals surface area contributed by atoms with Crippen LogP contribution in [0, 0.1) is 0 Å². The maximum atomic E-state index is 12.3. The van der Waals surface area contributed by atoms with Gasteiger partial charge in [0.1, 0.15) is 0 Å².